The van der Waals surface area contributed by atoms with Crippen LogP contribution in [0.2, 0.25) is 0 Å². The van der Waals surface area contributed by atoms with Gasteiger partial charge in [0.1, 0.15) is 5.58 Å². The Morgan fingerprint density at radius 3 is 3.00 bits per heavy atom. The lowest BCUT2D eigenvalue weighted by Gasteiger charge is -2.25. The number of aliphatic hydroxyl groups is 1. The molecule has 1 aliphatic heterocycles. The second kappa shape index (κ2) is 3.92. The predicted octanol–water partition coefficient (Wildman–Crippen LogP) is 2.65. The first-order valence-electron chi connectivity index (χ1n) is 5.60. The summed E-state index contributed by atoms with van der Waals surface area (Å²) in [4.78, 5) is 0. The average molecular weight is 218 g/mol. The van der Waals surface area contributed by atoms with Crippen LogP contribution in [0.1, 0.15) is 24.5 Å². The Morgan fingerprint density at radius 2 is 2.12 bits per heavy atom. The van der Waals surface area contributed by atoms with Gasteiger partial charge in [0.2, 0.25) is 0 Å². The molecule has 16 heavy (non-hydrogen) atoms. The minimum Gasteiger partial charge on any atom is -0.464 e. The van der Waals surface area contributed by atoms with Crippen molar-refractivity contribution in [1.82, 2.24) is 0 Å². The van der Waals surface area contributed by atoms with E-state index in [1.54, 1.807) is 6.26 Å². The SMILES string of the molecule is OC1CCOC(c2coc3ccccc23)C1. The number of hydrogen-bond acceptors (Lipinski definition) is 3. The largest absolute Gasteiger partial charge is 0.464 e. The van der Waals surface area contributed by atoms with Crippen LogP contribution >= 0.6 is 0 Å². The fourth-order valence-electron chi connectivity index (χ4n) is 2.24. The molecule has 0 aliphatic carbocycles. The number of ether oxygens (including phenoxy) is 1. The highest BCUT2D eigenvalue weighted by Crippen LogP contribution is 2.33. The smallest absolute Gasteiger partial charge is 0.134 e. The molecule has 2 aromatic rings. The van der Waals surface area contributed by atoms with Crippen molar-refractivity contribution < 1.29 is 14.3 Å². The molecule has 0 spiro atoms. The van der Waals surface area contributed by atoms with Crippen LogP contribution in [0.4, 0.5) is 0 Å². The third kappa shape index (κ3) is 1.62. The van der Waals surface area contributed by atoms with Crippen molar-refractivity contribution in [2.45, 2.75) is 25.0 Å². The molecule has 0 bridgehead atoms. The van der Waals surface area contributed by atoms with Crippen LogP contribution in [-0.2, 0) is 4.74 Å². The Labute approximate surface area is 93.6 Å². The number of benzene rings is 1. The van der Waals surface area contributed by atoms with E-state index in [0.29, 0.717) is 13.0 Å². The highest BCUT2D eigenvalue weighted by molar-refractivity contribution is 5.81. The van der Waals surface area contributed by atoms with E-state index in [0.717, 1.165) is 23.0 Å². The van der Waals surface area contributed by atoms with Gasteiger partial charge in [0.15, 0.2) is 0 Å². The van der Waals surface area contributed by atoms with Crippen LogP contribution in [0.25, 0.3) is 11.0 Å². The van der Waals surface area contributed by atoms with Crippen molar-refractivity contribution in [3.63, 3.8) is 0 Å². The van der Waals surface area contributed by atoms with Crippen LogP contribution in [-0.4, -0.2) is 17.8 Å². The fourth-order valence-corrected chi connectivity index (χ4v) is 2.24. The highest BCUT2D eigenvalue weighted by atomic mass is 16.5. The molecule has 1 fully saturated rings. The van der Waals surface area contributed by atoms with E-state index in [4.69, 9.17) is 9.15 Å². The molecule has 1 N–H and O–H groups in total. The summed E-state index contributed by atoms with van der Waals surface area (Å²) >= 11 is 0. The number of furan rings is 1. The molecule has 2 atom stereocenters. The van der Waals surface area contributed by atoms with Gasteiger partial charge in [-0.15, -0.1) is 0 Å². The van der Waals surface area contributed by atoms with Crippen molar-refractivity contribution in [2.24, 2.45) is 0 Å². The molecule has 2 unspecified atom stereocenters. The van der Waals surface area contributed by atoms with Gasteiger partial charge in [-0.1, -0.05) is 18.2 Å². The first-order valence-corrected chi connectivity index (χ1v) is 5.60. The molecule has 1 aromatic heterocycles. The molecule has 3 rings (SSSR count). The van der Waals surface area contributed by atoms with Crippen LogP contribution in [0, 0.1) is 0 Å². The van der Waals surface area contributed by atoms with Crippen LogP contribution in [0.3, 0.4) is 0 Å². The summed E-state index contributed by atoms with van der Waals surface area (Å²) in [5.41, 5.74) is 1.93. The maximum Gasteiger partial charge on any atom is 0.134 e. The van der Waals surface area contributed by atoms with Crippen LogP contribution in [0.5, 0.6) is 0 Å². The Balaban J connectivity index is 1.99. The monoisotopic (exact) mass is 218 g/mol. The number of hydrogen-bond donors (Lipinski definition) is 1. The number of fused-ring (bicyclic) bond motifs is 1. The van der Waals surface area contributed by atoms with Gasteiger partial charge in [-0.25, -0.2) is 0 Å². The molecule has 84 valence electrons. The first kappa shape index (κ1) is 9.87. The van der Waals surface area contributed by atoms with Gasteiger partial charge < -0.3 is 14.3 Å². The van der Waals surface area contributed by atoms with Crippen molar-refractivity contribution >= 4 is 11.0 Å². The predicted molar refractivity (Wildman–Crippen MR) is 60.1 cm³/mol. The van der Waals surface area contributed by atoms with Gasteiger partial charge in [-0.05, 0) is 12.5 Å². The lowest BCUT2D eigenvalue weighted by molar-refractivity contribution is -0.0444. The minimum atomic E-state index is -0.257. The molecule has 1 saturated heterocycles. The normalized spacial score (nSPS) is 26.1. The second-order valence-corrected chi connectivity index (χ2v) is 4.22. The zero-order valence-electron chi connectivity index (χ0n) is 8.93. The minimum absolute atomic E-state index is 0.0348. The lowest BCUT2D eigenvalue weighted by Crippen LogP contribution is -2.23. The molecular formula is C13H14O3. The third-order valence-electron chi connectivity index (χ3n) is 3.11. The number of para-hydroxylation sites is 1. The second-order valence-electron chi connectivity index (χ2n) is 4.22. The molecular weight excluding hydrogens is 204 g/mol. The van der Waals surface area contributed by atoms with E-state index in [-0.39, 0.29) is 12.2 Å². The Bertz CT molecular complexity index is 489. The van der Waals surface area contributed by atoms with Crippen molar-refractivity contribution in [2.75, 3.05) is 6.61 Å². The summed E-state index contributed by atoms with van der Waals surface area (Å²) in [6, 6.07) is 7.91. The standard InChI is InChI=1S/C13H14O3/c14-9-5-6-15-13(7-9)11-8-16-12-4-2-1-3-10(11)12/h1-4,8-9,13-14H,5-7H2. The van der Waals surface area contributed by atoms with Crippen LogP contribution < -0.4 is 0 Å². The maximum atomic E-state index is 9.64. The van der Waals surface area contributed by atoms with E-state index < -0.39 is 0 Å². The average Bonchev–Trinajstić information content (AvgIpc) is 2.72. The van der Waals surface area contributed by atoms with Gasteiger partial charge in [-0.3, -0.25) is 0 Å². The Morgan fingerprint density at radius 1 is 1.25 bits per heavy atom. The molecule has 3 heteroatoms. The third-order valence-corrected chi connectivity index (χ3v) is 3.11. The molecule has 1 aromatic carbocycles. The number of aliphatic hydroxyl groups excluding tert-OH is 1. The highest BCUT2D eigenvalue weighted by Gasteiger charge is 2.24. The van der Waals surface area contributed by atoms with Gasteiger partial charge >= 0.3 is 0 Å². The van der Waals surface area contributed by atoms with Crippen molar-refractivity contribution in [3.8, 4) is 0 Å². The topological polar surface area (TPSA) is 42.6 Å². The van der Waals surface area contributed by atoms with Gasteiger partial charge in [0, 0.05) is 24.0 Å². The summed E-state index contributed by atoms with van der Waals surface area (Å²) in [7, 11) is 0. The van der Waals surface area contributed by atoms with Gasteiger partial charge in [-0.2, -0.15) is 0 Å². The Kier molecular flexibility index (Phi) is 2.42. The van der Waals surface area contributed by atoms with E-state index in [9.17, 15) is 5.11 Å². The maximum absolute atomic E-state index is 9.64. The molecule has 0 saturated carbocycles. The molecule has 0 amide bonds. The quantitative estimate of drug-likeness (QED) is 0.800. The first-order chi connectivity index (χ1) is 7.84. The molecule has 1 aliphatic rings. The summed E-state index contributed by atoms with van der Waals surface area (Å²) in [5, 5.41) is 10.7. The van der Waals surface area contributed by atoms with Crippen LogP contribution in [0.15, 0.2) is 34.9 Å². The summed E-state index contributed by atoms with van der Waals surface area (Å²) < 4.78 is 11.2. The lowest BCUT2D eigenvalue weighted by atomic mass is 9.99. The van der Waals surface area contributed by atoms with Crippen molar-refractivity contribution in [3.05, 3.63) is 36.1 Å². The van der Waals surface area contributed by atoms with E-state index >= 15 is 0 Å². The number of rotatable bonds is 1. The summed E-state index contributed by atoms with van der Waals surface area (Å²) in [6.45, 7) is 0.616. The molecule has 2 heterocycles. The molecule has 0 radical (unpaired) electrons. The zero-order valence-corrected chi connectivity index (χ0v) is 8.93. The van der Waals surface area contributed by atoms with E-state index in [2.05, 4.69) is 0 Å². The van der Waals surface area contributed by atoms with Crippen molar-refractivity contribution in [1.29, 1.82) is 0 Å². The van der Waals surface area contributed by atoms with Gasteiger partial charge in [0.05, 0.1) is 18.5 Å². The summed E-state index contributed by atoms with van der Waals surface area (Å²) in [5.74, 6) is 0. The van der Waals surface area contributed by atoms with E-state index in [1.165, 1.54) is 0 Å². The molecule has 3 nitrogen and oxygen atoms in total. The zero-order chi connectivity index (χ0) is 11.0. The van der Waals surface area contributed by atoms with Gasteiger partial charge in [0.25, 0.3) is 0 Å². The summed E-state index contributed by atoms with van der Waals surface area (Å²) in [6.07, 6.45) is 2.84. The fraction of sp³-hybridized carbons (Fsp3) is 0.385. The Hall–Kier alpha value is -1.32. The van der Waals surface area contributed by atoms with E-state index in [1.807, 2.05) is 24.3 Å².